The Morgan fingerprint density at radius 1 is 0.938 bits per heavy atom. The molecule has 5 heteroatoms. The summed E-state index contributed by atoms with van der Waals surface area (Å²) in [5, 5.41) is 3.44. The first-order chi connectivity index (χ1) is 15.5. The van der Waals surface area contributed by atoms with Gasteiger partial charge in [0, 0.05) is 24.6 Å². The van der Waals surface area contributed by atoms with Crippen molar-refractivity contribution in [3.8, 4) is 0 Å². The van der Waals surface area contributed by atoms with Crippen LogP contribution in [0, 0.1) is 5.82 Å². The molecule has 3 aromatic rings. The molecule has 32 heavy (non-hydrogen) atoms. The van der Waals surface area contributed by atoms with Crippen molar-refractivity contribution >= 4 is 23.1 Å². The first kappa shape index (κ1) is 20.2. The fourth-order valence-corrected chi connectivity index (χ4v) is 4.92. The summed E-state index contributed by atoms with van der Waals surface area (Å²) in [7, 11) is 0. The number of carbonyl (C=O) groups excluding carboxylic acids is 2. The number of Topliss-reactive ketones (excluding diaryl/α,β-unsaturated/α-hetero) is 1. The fourth-order valence-electron chi connectivity index (χ4n) is 4.92. The van der Waals surface area contributed by atoms with Crippen molar-refractivity contribution in [3.05, 3.63) is 107 Å². The number of benzene rings is 3. The van der Waals surface area contributed by atoms with Crippen LogP contribution < -0.4 is 10.2 Å². The number of fused-ring (bicyclic) bond motifs is 1. The van der Waals surface area contributed by atoms with Crippen LogP contribution in [0.1, 0.15) is 42.9 Å². The minimum atomic E-state index is -0.547. The van der Waals surface area contributed by atoms with E-state index in [1.165, 1.54) is 13.0 Å². The lowest BCUT2D eigenvalue weighted by Crippen LogP contribution is -2.37. The van der Waals surface area contributed by atoms with Crippen molar-refractivity contribution in [1.82, 2.24) is 0 Å². The molecule has 0 spiro atoms. The van der Waals surface area contributed by atoms with Gasteiger partial charge in [-0.15, -0.1) is 0 Å². The first-order valence-corrected chi connectivity index (χ1v) is 10.8. The molecule has 2 unspecified atom stereocenters. The van der Waals surface area contributed by atoms with E-state index in [2.05, 4.69) is 5.32 Å². The van der Waals surface area contributed by atoms with Gasteiger partial charge < -0.3 is 5.32 Å². The first-order valence-electron chi connectivity index (χ1n) is 10.8. The van der Waals surface area contributed by atoms with E-state index in [4.69, 9.17) is 0 Å². The number of amides is 1. The number of nitrogens with one attached hydrogen (secondary N) is 1. The maximum Gasteiger partial charge on any atom is 0.224 e. The number of halogens is 1. The van der Waals surface area contributed by atoms with E-state index >= 15 is 0 Å². The minimum absolute atomic E-state index is 0.0695. The molecule has 0 radical (unpaired) electrons. The summed E-state index contributed by atoms with van der Waals surface area (Å²) in [4.78, 5) is 28.2. The van der Waals surface area contributed by atoms with E-state index in [-0.39, 0.29) is 29.8 Å². The maximum atomic E-state index is 14.6. The van der Waals surface area contributed by atoms with Crippen molar-refractivity contribution in [1.29, 1.82) is 0 Å². The molecule has 1 N–H and O–H groups in total. The molecule has 1 aliphatic heterocycles. The summed E-state index contributed by atoms with van der Waals surface area (Å²) in [6, 6.07) is 23.3. The Hall–Kier alpha value is -3.73. The Bertz CT molecular complexity index is 1240. The van der Waals surface area contributed by atoms with Crippen LogP contribution in [-0.4, -0.2) is 11.7 Å². The van der Waals surface area contributed by atoms with Gasteiger partial charge in [-0.1, -0.05) is 60.7 Å². The Labute approximate surface area is 186 Å². The van der Waals surface area contributed by atoms with E-state index < -0.39 is 6.04 Å². The van der Waals surface area contributed by atoms with E-state index in [9.17, 15) is 14.0 Å². The summed E-state index contributed by atoms with van der Waals surface area (Å²) in [6.45, 7) is 1.52. The predicted octanol–water partition coefficient (Wildman–Crippen LogP) is 5.75. The molecular weight excluding hydrogens is 403 g/mol. The lowest BCUT2D eigenvalue weighted by Gasteiger charge is -2.34. The third-order valence-electron chi connectivity index (χ3n) is 6.29. The summed E-state index contributed by atoms with van der Waals surface area (Å²) in [5.41, 5.74) is 4.22. The molecule has 0 fully saturated rings. The molecule has 5 rings (SSSR count). The van der Waals surface area contributed by atoms with Crippen LogP contribution in [-0.2, 0) is 9.59 Å². The van der Waals surface area contributed by atoms with Crippen LogP contribution >= 0.6 is 0 Å². The Morgan fingerprint density at radius 3 is 2.38 bits per heavy atom. The highest BCUT2D eigenvalue weighted by atomic mass is 19.1. The second kappa shape index (κ2) is 8.08. The quantitative estimate of drug-likeness (QED) is 0.568. The van der Waals surface area contributed by atoms with Crippen LogP contribution in [0.5, 0.6) is 0 Å². The summed E-state index contributed by atoms with van der Waals surface area (Å²) in [5.74, 6) is -0.776. The number of rotatable bonds is 2. The Kier molecular flexibility index (Phi) is 5.10. The second-order valence-corrected chi connectivity index (χ2v) is 8.29. The zero-order valence-electron chi connectivity index (χ0n) is 17.7. The third kappa shape index (κ3) is 3.40. The zero-order valence-corrected chi connectivity index (χ0v) is 17.7. The van der Waals surface area contributed by atoms with Crippen LogP contribution in [0.15, 0.2) is 90.1 Å². The molecule has 2 aliphatic rings. The fraction of sp³-hybridized carbons (Fsp3) is 0.185. The number of anilines is 2. The summed E-state index contributed by atoms with van der Waals surface area (Å²) >= 11 is 0. The van der Waals surface area contributed by atoms with Gasteiger partial charge in [0.15, 0.2) is 5.78 Å². The van der Waals surface area contributed by atoms with Gasteiger partial charge in [-0.2, -0.15) is 0 Å². The van der Waals surface area contributed by atoms with Gasteiger partial charge in [-0.05, 0) is 41.7 Å². The average molecular weight is 426 g/mol. The van der Waals surface area contributed by atoms with E-state index in [0.29, 0.717) is 17.6 Å². The number of hydrogen-bond acceptors (Lipinski definition) is 3. The highest BCUT2D eigenvalue weighted by molar-refractivity contribution is 6.05. The highest BCUT2D eigenvalue weighted by Gasteiger charge is 2.41. The summed E-state index contributed by atoms with van der Waals surface area (Å²) < 4.78 is 14.6. The van der Waals surface area contributed by atoms with Crippen molar-refractivity contribution in [3.63, 3.8) is 0 Å². The van der Waals surface area contributed by atoms with Crippen molar-refractivity contribution in [2.75, 3.05) is 10.2 Å². The van der Waals surface area contributed by atoms with Gasteiger partial charge in [0.25, 0.3) is 0 Å². The van der Waals surface area contributed by atoms with E-state index in [0.717, 1.165) is 22.6 Å². The van der Waals surface area contributed by atoms with Gasteiger partial charge in [-0.3, -0.25) is 14.5 Å². The molecule has 2 atom stereocenters. The van der Waals surface area contributed by atoms with Gasteiger partial charge in [0.2, 0.25) is 5.91 Å². The van der Waals surface area contributed by atoms with Gasteiger partial charge in [0.05, 0.1) is 17.4 Å². The molecule has 160 valence electrons. The normalized spacial score (nSPS) is 20.2. The predicted molar refractivity (Wildman–Crippen MR) is 123 cm³/mol. The van der Waals surface area contributed by atoms with E-state index in [1.54, 1.807) is 23.1 Å². The number of ketones is 1. The number of hydrogen-bond donors (Lipinski definition) is 1. The molecule has 0 aromatic heterocycles. The van der Waals surface area contributed by atoms with Gasteiger partial charge in [0.1, 0.15) is 5.82 Å². The molecule has 1 amide bonds. The molecule has 3 aromatic carbocycles. The molecule has 0 saturated carbocycles. The molecule has 4 nitrogen and oxygen atoms in total. The topological polar surface area (TPSA) is 49.4 Å². The number of para-hydroxylation sites is 2. The second-order valence-electron chi connectivity index (χ2n) is 8.29. The lowest BCUT2D eigenvalue weighted by atomic mass is 9.78. The standard InChI is InChI=1S/C27H23FN2O2/c1-17(31)30-24-14-8-7-13-22(24)29-23-15-19(20-11-5-6-12-21(20)28)16-25(32)26(23)27(30)18-9-3-2-4-10-18/h2-14,19,27,29H,15-16H2,1H3. The Balaban J connectivity index is 1.71. The van der Waals surface area contributed by atoms with Crippen molar-refractivity contribution in [2.24, 2.45) is 0 Å². The Morgan fingerprint density at radius 2 is 1.62 bits per heavy atom. The minimum Gasteiger partial charge on any atom is -0.357 e. The number of nitrogens with zero attached hydrogens (tertiary/aromatic N) is 1. The molecule has 1 aliphatic carbocycles. The zero-order chi connectivity index (χ0) is 22.2. The van der Waals surface area contributed by atoms with Crippen LogP contribution in [0.25, 0.3) is 0 Å². The van der Waals surface area contributed by atoms with Crippen molar-refractivity contribution in [2.45, 2.75) is 31.7 Å². The largest absolute Gasteiger partial charge is 0.357 e. The smallest absolute Gasteiger partial charge is 0.224 e. The van der Waals surface area contributed by atoms with Crippen LogP contribution in [0.4, 0.5) is 15.8 Å². The highest BCUT2D eigenvalue weighted by Crippen LogP contribution is 2.47. The average Bonchev–Trinajstić information content (AvgIpc) is 2.94. The molecule has 0 saturated heterocycles. The number of carbonyl (C=O) groups is 2. The molecule has 1 heterocycles. The maximum absolute atomic E-state index is 14.6. The van der Waals surface area contributed by atoms with Crippen LogP contribution in [0.3, 0.4) is 0 Å². The van der Waals surface area contributed by atoms with Gasteiger partial charge >= 0.3 is 0 Å². The third-order valence-corrected chi connectivity index (χ3v) is 6.29. The molecule has 0 bridgehead atoms. The lowest BCUT2D eigenvalue weighted by molar-refractivity contribution is -0.117. The monoisotopic (exact) mass is 426 g/mol. The SMILES string of the molecule is CC(=O)N1c2ccccc2NC2=C(C(=O)CC(c3ccccc3F)C2)C1c1ccccc1. The number of allylic oxidation sites excluding steroid dienone is 1. The van der Waals surface area contributed by atoms with E-state index in [1.807, 2.05) is 54.6 Å². The summed E-state index contributed by atoms with van der Waals surface area (Å²) in [6.07, 6.45) is 0.693. The molecular formula is C27H23FN2O2. The van der Waals surface area contributed by atoms with Crippen LogP contribution in [0.2, 0.25) is 0 Å². The van der Waals surface area contributed by atoms with Gasteiger partial charge in [-0.25, -0.2) is 4.39 Å². The van der Waals surface area contributed by atoms with Crippen molar-refractivity contribution < 1.29 is 14.0 Å².